The molecule has 0 radical (unpaired) electrons. The van der Waals surface area contributed by atoms with E-state index in [0.717, 1.165) is 13.0 Å². The van der Waals surface area contributed by atoms with Gasteiger partial charge in [0.2, 0.25) is 0 Å². The van der Waals surface area contributed by atoms with E-state index in [1.165, 1.54) is 12.0 Å². The fourth-order valence-corrected chi connectivity index (χ4v) is 1.33. The molecular weight excluding hydrogens is 174 g/mol. The Hall–Kier alpha value is -0.830. The highest BCUT2D eigenvalue weighted by Gasteiger charge is 2.13. The van der Waals surface area contributed by atoms with Gasteiger partial charge in [0.1, 0.15) is 0 Å². The van der Waals surface area contributed by atoms with Crippen molar-refractivity contribution in [2.45, 2.75) is 39.2 Å². The molecule has 0 spiro atoms. The molecule has 1 aromatic heterocycles. The van der Waals surface area contributed by atoms with Crippen LogP contribution in [0.15, 0.2) is 12.4 Å². The van der Waals surface area contributed by atoms with Crippen LogP contribution in [-0.2, 0) is 12.0 Å². The average molecular weight is 195 g/mol. The molecule has 0 aliphatic rings. The molecule has 0 atom stereocenters. The van der Waals surface area contributed by atoms with Crippen molar-refractivity contribution in [2.75, 3.05) is 13.6 Å². The van der Waals surface area contributed by atoms with E-state index in [0.29, 0.717) is 0 Å². The number of rotatable bonds is 4. The van der Waals surface area contributed by atoms with E-state index in [-0.39, 0.29) is 5.54 Å². The molecule has 0 saturated carbocycles. The Morgan fingerprint density at radius 3 is 2.64 bits per heavy atom. The predicted molar refractivity (Wildman–Crippen MR) is 59.5 cm³/mol. The minimum absolute atomic E-state index is 0.0985. The zero-order valence-electron chi connectivity index (χ0n) is 9.67. The van der Waals surface area contributed by atoms with Gasteiger partial charge in [-0.2, -0.15) is 5.10 Å². The summed E-state index contributed by atoms with van der Waals surface area (Å²) in [5.41, 5.74) is 1.43. The minimum Gasteiger partial charge on any atom is -0.320 e. The zero-order valence-corrected chi connectivity index (χ0v) is 9.67. The van der Waals surface area contributed by atoms with Crippen LogP contribution in [0.1, 0.15) is 32.8 Å². The maximum Gasteiger partial charge on any atom is 0.0543 e. The summed E-state index contributed by atoms with van der Waals surface area (Å²) in [6, 6.07) is 0. The van der Waals surface area contributed by atoms with Crippen LogP contribution in [0.3, 0.4) is 0 Å². The fraction of sp³-hybridized carbons (Fsp3) is 0.727. The Balaban J connectivity index is 2.51. The van der Waals surface area contributed by atoms with Gasteiger partial charge in [-0.05, 0) is 52.8 Å². The molecule has 0 saturated heterocycles. The van der Waals surface area contributed by atoms with Gasteiger partial charge in [-0.25, -0.2) is 0 Å². The van der Waals surface area contributed by atoms with E-state index >= 15 is 0 Å². The van der Waals surface area contributed by atoms with Crippen LogP contribution in [0.2, 0.25) is 0 Å². The van der Waals surface area contributed by atoms with Crippen molar-refractivity contribution in [1.82, 2.24) is 15.1 Å². The molecule has 0 bridgehead atoms. The lowest BCUT2D eigenvalue weighted by molar-refractivity contribution is 0.355. The van der Waals surface area contributed by atoms with Crippen molar-refractivity contribution < 1.29 is 0 Å². The summed E-state index contributed by atoms with van der Waals surface area (Å²) in [7, 11) is 1.98. The zero-order chi connectivity index (χ0) is 10.6. The second-order valence-corrected chi connectivity index (χ2v) is 4.67. The van der Waals surface area contributed by atoms with Crippen LogP contribution >= 0.6 is 0 Å². The smallest absolute Gasteiger partial charge is 0.0543 e. The van der Waals surface area contributed by atoms with Crippen LogP contribution in [0.5, 0.6) is 0 Å². The Kier molecular flexibility index (Phi) is 3.69. The Labute approximate surface area is 86.5 Å². The highest BCUT2D eigenvalue weighted by Crippen LogP contribution is 2.13. The SMILES string of the molecule is CNCCCc1cnn(C(C)(C)C)c1. The molecule has 3 heteroatoms. The van der Waals surface area contributed by atoms with Gasteiger partial charge in [-0.15, -0.1) is 0 Å². The molecule has 0 aliphatic heterocycles. The Morgan fingerprint density at radius 1 is 1.43 bits per heavy atom. The molecule has 14 heavy (non-hydrogen) atoms. The average Bonchev–Trinajstić information content (AvgIpc) is 2.52. The fourth-order valence-electron chi connectivity index (χ4n) is 1.33. The van der Waals surface area contributed by atoms with E-state index in [1.54, 1.807) is 0 Å². The third kappa shape index (κ3) is 3.14. The first-order chi connectivity index (χ1) is 6.54. The predicted octanol–water partition coefficient (Wildman–Crippen LogP) is 1.79. The number of hydrogen-bond donors (Lipinski definition) is 1. The van der Waals surface area contributed by atoms with Crippen molar-refractivity contribution in [2.24, 2.45) is 0 Å². The highest BCUT2D eigenvalue weighted by molar-refractivity contribution is 5.05. The van der Waals surface area contributed by atoms with Crippen molar-refractivity contribution >= 4 is 0 Å². The van der Waals surface area contributed by atoms with E-state index in [1.807, 2.05) is 17.9 Å². The topological polar surface area (TPSA) is 29.9 Å². The summed E-state index contributed by atoms with van der Waals surface area (Å²) in [5.74, 6) is 0. The van der Waals surface area contributed by atoms with E-state index in [4.69, 9.17) is 0 Å². The van der Waals surface area contributed by atoms with Crippen LogP contribution < -0.4 is 5.32 Å². The minimum atomic E-state index is 0.0985. The van der Waals surface area contributed by atoms with Crippen LogP contribution in [-0.4, -0.2) is 23.4 Å². The van der Waals surface area contributed by atoms with E-state index < -0.39 is 0 Å². The summed E-state index contributed by atoms with van der Waals surface area (Å²) in [5, 5.41) is 7.51. The standard InChI is InChI=1S/C11H21N3/c1-11(2,3)14-9-10(8-13-14)6-5-7-12-4/h8-9,12H,5-7H2,1-4H3. The maximum absolute atomic E-state index is 4.36. The Bertz CT molecular complexity index is 270. The third-order valence-corrected chi connectivity index (χ3v) is 2.22. The first kappa shape index (κ1) is 11.2. The molecule has 1 rings (SSSR count). The lowest BCUT2D eigenvalue weighted by Gasteiger charge is -2.18. The highest BCUT2D eigenvalue weighted by atomic mass is 15.3. The monoisotopic (exact) mass is 195 g/mol. The lowest BCUT2D eigenvalue weighted by atomic mass is 10.1. The van der Waals surface area contributed by atoms with Crippen LogP contribution in [0.25, 0.3) is 0 Å². The van der Waals surface area contributed by atoms with E-state index in [9.17, 15) is 0 Å². The van der Waals surface area contributed by atoms with Crippen LogP contribution in [0.4, 0.5) is 0 Å². The van der Waals surface area contributed by atoms with Crippen molar-refractivity contribution in [3.63, 3.8) is 0 Å². The molecule has 1 heterocycles. The number of aromatic nitrogens is 2. The van der Waals surface area contributed by atoms with Gasteiger partial charge in [0, 0.05) is 6.20 Å². The summed E-state index contributed by atoms with van der Waals surface area (Å²) in [6.45, 7) is 7.56. The van der Waals surface area contributed by atoms with E-state index in [2.05, 4.69) is 37.4 Å². The molecular formula is C11H21N3. The first-order valence-corrected chi connectivity index (χ1v) is 5.22. The number of nitrogens with zero attached hydrogens (tertiary/aromatic N) is 2. The third-order valence-electron chi connectivity index (χ3n) is 2.22. The molecule has 3 nitrogen and oxygen atoms in total. The molecule has 0 aromatic carbocycles. The van der Waals surface area contributed by atoms with Gasteiger partial charge in [-0.3, -0.25) is 4.68 Å². The summed E-state index contributed by atoms with van der Waals surface area (Å²) < 4.78 is 2.03. The second-order valence-electron chi connectivity index (χ2n) is 4.67. The molecule has 80 valence electrons. The Morgan fingerprint density at radius 2 is 2.14 bits per heavy atom. The van der Waals surface area contributed by atoms with Gasteiger partial charge >= 0.3 is 0 Å². The largest absolute Gasteiger partial charge is 0.320 e. The molecule has 0 aliphatic carbocycles. The quantitative estimate of drug-likeness (QED) is 0.742. The molecule has 0 unspecified atom stereocenters. The van der Waals surface area contributed by atoms with Gasteiger partial charge in [0.05, 0.1) is 11.7 Å². The molecule has 1 aromatic rings. The maximum atomic E-state index is 4.36. The van der Waals surface area contributed by atoms with Crippen LogP contribution in [0, 0.1) is 0 Å². The van der Waals surface area contributed by atoms with Crippen molar-refractivity contribution in [3.8, 4) is 0 Å². The summed E-state index contributed by atoms with van der Waals surface area (Å²) in [4.78, 5) is 0. The van der Waals surface area contributed by atoms with Crippen molar-refractivity contribution in [1.29, 1.82) is 0 Å². The van der Waals surface area contributed by atoms with Gasteiger partial charge in [0.15, 0.2) is 0 Å². The second kappa shape index (κ2) is 4.60. The van der Waals surface area contributed by atoms with Gasteiger partial charge in [0.25, 0.3) is 0 Å². The number of hydrogen-bond acceptors (Lipinski definition) is 2. The first-order valence-electron chi connectivity index (χ1n) is 5.22. The van der Waals surface area contributed by atoms with Gasteiger partial charge in [-0.1, -0.05) is 0 Å². The van der Waals surface area contributed by atoms with Gasteiger partial charge < -0.3 is 5.32 Å². The summed E-state index contributed by atoms with van der Waals surface area (Å²) >= 11 is 0. The summed E-state index contributed by atoms with van der Waals surface area (Å²) in [6.07, 6.45) is 6.40. The number of nitrogens with one attached hydrogen (secondary N) is 1. The number of aryl methyl sites for hydroxylation is 1. The lowest BCUT2D eigenvalue weighted by Crippen LogP contribution is -2.21. The van der Waals surface area contributed by atoms with Crippen molar-refractivity contribution in [3.05, 3.63) is 18.0 Å². The molecule has 1 N–H and O–H groups in total. The molecule has 0 fully saturated rings. The molecule has 0 amide bonds. The normalized spacial score (nSPS) is 12.0.